The number of aliphatic hydroxyl groups excluding tert-OH is 3. The van der Waals surface area contributed by atoms with Crippen LogP contribution in [0.15, 0.2) is 23.8 Å². The van der Waals surface area contributed by atoms with E-state index >= 15 is 0 Å². The van der Waals surface area contributed by atoms with Crippen molar-refractivity contribution >= 4 is 64.2 Å². The quantitative estimate of drug-likeness (QED) is 0.103. The summed E-state index contributed by atoms with van der Waals surface area (Å²) >= 11 is 6.73. The van der Waals surface area contributed by atoms with E-state index in [0.717, 1.165) is 11.8 Å². The molecule has 0 radical (unpaired) electrons. The Labute approximate surface area is 250 Å². The minimum atomic E-state index is -3.82. The summed E-state index contributed by atoms with van der Waals surface area (Å²) in [7, 11) is 0. The Bertz CT molecular complexity index is 1820. The number of nitrogens with one attached hydrogen (secondary N) is 1. The minimum Gasteiger partial charge on any atom is -0.395 e. The molecule has 0 saturated carbocycles. The lowest BCUT2D eigenvalue weighted by Gasteiger charge is -2.33. The molecule has 4 aromatic heterocycles. The zero-order valence-corrected chi connectivity index (χ0v) is 24.6. The number of fused-ring (bicyclic) bond motifs is 4. The van der Waals surface area contributed by atoms with E-state index in [9.17, 15) is 25.0 Å². The highest BCUT2D eigenvalue weighted by molar-refractivity contribution is 8.10. The number of nitrogens with zero attached hydrogens (tertiary/aromatic N) is 7. The van der Waals surface area contributed by atoms with E-state index in [-0.39, 0.29) is 42.6 Å². The third-order valence-electron chi connectivity index (χ3n) is 8.09. The number of aliphatic hydroxyl groups is 3. The average molecular weight is 655 g/mol. The molecule has 2 bridgehead atoms. The molecule has 21 heteroatoms. The Kier molecular flexibility index (Phi) is 7.00. The van der Waals surface area contributed by atoms with Crippen LogP contribution in [0.4, 0.5) is 11.8 Å². The Hall–Kier alpha value is -2.78. The molecule has 3 aliphatic rings. The summed E-state index contributed by atoms with van der Waals surface area (Å²) in [5, 5.41) is 30.7. The van der Waals surface area contributed by atoms with Crippen molar-refractivity contribution in [3.63, 3.8) is 0 Å². The molecule has 9 atom stereocenters. The lowest BCUT2D eigenvalue weighted by molar-refractivity contribution is -0.176. The summed E-state index contributed by atoms with van der Waals surface area (Å²) in [6.07, 6.45) is 0.434. The van der Waals surface area contributed by atoms with Gasteiger partial charge in [0.2, 0.25) is 5.95 Å². The van der Waals surface area contributed by atoms with Gasteiger partial charge in [0.25, 0.3) is 5.56 Å². The van der Waals surface area contributed by atoms with Gasteiger partial charge in [-0.2, -0.15) is 4.98 Å². The van der Waals surface area contributed by atoms with Crippen molar-refractivity contribution in [1.82, 2.24) is 39.0 Å². The average Bonchev–Trinajstić information content (AvgIpc) is 3.76. The second-order valence-corrected chi connectivity index (χ2v) is 15.4. The van der Waals surface area contributed by atoms with Crippen molar-refractivity contribution in [2.75, 3.05) is 31.3 Å². The molecule has 3 saturated heterocycles. The Morgan fingerprint density at radius 3 is 2.74 bits per heavy atom. The molecule has 1 unspecified atom stereocenters. The zero-order chi connectivity index (χ0) is 30.3. The molecule has 0 aliphatic carbocycles. The summed E-state index contributed by atoms with van der Waals surface area (Å²) in [5.41, 5.74) is 9.79. The van der Waals surface area contributed by atoms with Crippen LogP contribution in [0.5, 0.6) is 0 Å². The first kappa shape index (κ1) is 29.0. The molecule has 4 aromatic rings. The number of nitrogen functional groups attached to an aromatic ring is 2. The fourth-order valence-electron chi connectivity index (χ4n) is 5.94. The van der Waals surface area contributed by atoms with Gasteiger partial charge in [-0.1, -0.05) is 0 Å². The van der Waals surface area contributed by atoms with Crippen LogP contribution in [-0.4, -0.2) is 114 Å². The number of aromatic amines is 1. The number of imidazole rings is 2. The lowest BCUT2D eigenvalue weighted by atomic mass is 9.96. The monoisotopic (exact) mass is 654 g/mol. The normalized spacial score (nSPS) is 33.5. The van der Waals surface area contributed by atoms with Crippen LogP contribution in [0.25, 0.3) is 22.3 Å². The van der Waals surface area contributed by atoms with Gasteiger partial charge >= 0.3 is 0 Å². The van der Waals surface area contributed by atoms with Gasteiger partial charge in [0.1, 0.15) is 29.7 Å². The first-order valence-electron chi connectivity index (χ1n) is 13.1. The number of ether oxygens (including phenoxy) is 2. The van der Waals surface area contributed by atoms with Gasteiger partial charge in [-0.05, 0) is 11.8 Å². The van der Waals surface area contributed by atoms with Gasteiger partial charge in [0.05, 0.1) is 54.9 Å². The summed E-state index contributed by atoms with van der Waals surface area (Å²) in [5.74, 6) is 0.0658. The fourth-order valence-corrected chi connectivity index (χ4v) is 10.9. The van der Waals surface area contributed by atoms with Crippen molar-refractivity contribution in [3.8, 4) is 0 Å². The van der Waals surface area contributed by atoms with Crippen LogP contribution in [0.2, 0.25) is 0 Å². The second-order valence-electron chi connectivity index (χ2n) is 10.5. The highest BCUT2D eigenvalue weighted by atomic mass is 32.5. The van der Waals surface area contributed by atoms with Crippen LogP contribution in [0.3, 0.4) is 0 Å². The fraction of sp³-hybridized carbons (Fsp3) is 0.545. The van der Waals surface area contributed by atoms with E-state index in [4.69, 9.17) is 37.3 Å². The Morgan fingerprint density at radius 1 is 1.19 bits per heavy atom. The maximum atomic E-state index is 12.3. The van der Waals surface area contributed by atoms with Crippen molar-refractivity contribution in [1.29, 1.82) is 0 Å². The van der Waals surface area contributed by atoms with Crippen LogP contribution >= 0.6 is 18.3 Å². The van der Waals surface area contributed by atoms with E-state index < -0.39 is 65.1 Å². The van der Waals surface area contributed by atoms with Crippen LogP contribution < -0.4 is 17.0 Å². The van der Waals surface area contributed by atoms with E-state index in [0.29, 0.717) is 11.2 Å². The minimum absolute atomic E-state index is 0.0132. The van der Waals surface area contributed by atoms with Gasteiger partial charge in [-0.15, -0.1) is 11.8 Å². The van der Waals surface area contributed by atoms with Gasteiger partial charge in [-0.25, -0.2) is 19.9 Å². The molecular weight excluding hydrogens is 627 g/mol. The summed E-state index contributed by atoms with van der Waals surface area (Å²) in [6, 6.07) is 0. The van der Waals surface area contributed by atoms with Gasteiger partial charge in [0, 0.05) is 6.42 Å². The number of hydrogen-bond donors (Lipinski definition) is 7. The summed E-state index contributed by atoms with van der Waals surface area (Å²) in [6.45, 7) is -4.30. The van der Waals surface area contributed by atoms with Crippen LogP contribution in [0, 0.1) is 0 Å². The molecule has 43 heavy (non-hydrogen) atoms. The van der Waals surface area contributed by atoms with Gasteiger partial charge in [-0.3, -0.25) is 14.3 Å². The lowest BCUT2D eigenvalue weighted by Crippen LogP contribution is -2.41. The van der Waals surface area contributed by atoms with Crippen LogP contribution in [-0.2, 0) is 25.8 Å². The SMILES string of the molecule is Nc1nc2c(ncn2[C@@H]2S[C@H](CO)[C@@H](O)[C@H]2P(O)(=S)OCC[C@@]23CO[C@@H]([C@H](n4cnc5c(N)ncnc54)O2)[C@@H]3O)c(=O)[nH]1. The molecule has 0 amide bonds. The zero-order valence-electron chi connectivity index (χ0n) is 22.1. The Morgan fingerprint density at radius 2 is 1.95 bits per heavy atom. The molecule has 7 heterocycles. The van der Waals surface area contributed by atoms with E-state index in [1.165, 1.54) is 23.5 Å². The van der Waals surface area contributed by atoms with Crippen molar-refractivity contribution in [2.24, 2.45) is 0 Å². The van der Waals surface area contributed by atoms with E-state index in [2.05, 4.69) is 29.9 Å². The smallest absolute Gasteiger partial charge is 0.280 e. The first-order valence-corrected chi connectivity index (χ1v) is 16.8. The molecule has 3 aliphatic heterocycles. The maximum absolute atomic E-state index is 12.3. The van der Waals surface area contributed by atoms with E-state index in [1.54, 1.807) is 4.57 Å². The van der Waals surface area contributed by atoms with Gasteiger partial charge < -0.3 is 50.2 Å². The molecule has 0 aromatic carbocycles. The number of anilines is 2. The molecule has 18 nitrogen and oxygen atoms in total. The number of hydrogen-bond acceptors (Lipinski definition) is 16. The highest BCUT2D eigenvalue weighted by Gasteiger charge is 2.62. The van der Waals surface area contributed by atoms with Gasteiger partial charge in [0.15, 0.2) is 35.3 Å². The third kappa shape index (κ3) is 4.47. The van der Waals surface area contributed by atoms with Crippen LogP contribution in [0.1, 0.15) is 18.0 Å². The number of aromatic nitrogens is 8. The summed E-state index contributed by atoms with van der Waals surface area (Å²) in [4.78, 5) is 47.0. The summed E-state index contributed by atoms with van der Waals surface area (Å²) < 4.78 is 21.2. The standard InChI is InChI=1S/C22H27N10O8PS2/c23-15-9-16(26-5-25-15)31(6-27-9)19-12-14(35)22(40-19,4-38-12)1-2-39-41(37,42)13-11(34)8(3-33)43-20(13)32-7-28-10-17(32)29-21(24)30-18(10)36/h5-8,11-14,19-20,33-35H,1-4H2,(H,37,42)(H2,23,25,26)(H3,24,29,30,36)/t8-,11-,12-,13-,14+,19-,20-,22+,41?/m1/s1. The molecule has 0 spiro atoms. The molecule has 9 N–H and O–H groups in total. The highest BCUT2D eigenvalue weighted by Crippen LogP contribution is 2.62. The predicted molar refractivity (Wildman–Crippen MR) is 155 cm³/mol. The van der Waals surface area contributed by atoms with E-state index in [1.807, 2.05) is 0 Å². The molecular formula is C22H27N10O8PS2. The molecule has 7 rings (SSSR count). The number of H-pyrrole nitrogens is 1. The maximum Gasteiger partial charge on any atom is 0.280 e. The molecule has 3 fully saturated rings. The third-order valence-corrected chi connectivity index (χ3v) is 12.8. The largest absolute Gasteiger partial charge is 0.395 e. The topological polar surface area (TPSA) is 268 Å². The molecule has 230 valence electrons. The first-order chi connectivity index (χ1) is 20.5. The number of thioether (sulfide) groups is 1. The number of nitrogens with two attached hydrogens (primary N) is 2. The second kappa shape index (κ2) is 10.4. The van der Waals surface area contributed by atoms with Crippen molar-refractivity contribution in [3.05, 3.63) is 29.3 Å². The Balaban J connectivity index is 1.11. The predicted octanol–water partition coefficient (Wildman–Crippen LogP) is -1.80. The number of rotatable bonds is 8. The van der Waals surface area contributed by atoms with Crippen molar-refractivity contribution in [2.45, 2.75) is 52.8 Å². The van der Waals surface area contributed by atoms with Crippen molar-refractivity contribution < 1.29 is 34.2 Å².